The van der Waals surface area contributed by atoms with Gasteiger partial charge in [0.15, 0.2) is 25.2 Å². The van der Waals surface area contributed by atoms with Crippen LogP contribution in [0.3, 0.4) is 0 Å². The second kappa shape index (κ2) is 21.9. The fourth-order valence-electron chi connectivity index (χ4n) is 6.93. The van der Waals surface area contributed by atoms with E-state index in [1.165, 1.54) is 0 Å². The van der Waals surface area contributed by atoms with Crippen LogP contribution in [-0.2, 0) is 52.3 Å². The molecular weight excluding hydrogens is 794 g/mol. The lowest BCUT2D eigenvalue weighted by atomic mass is 9.94. The van der Waals surface area contributed by atoms with E-state index in [1.807, 2.05) is 0 Å². The van der Waals surface area contributed by atoms with Crippen LogP contribution in [0.5, 0.6) is 0 Å². The molecule has 0 unspecified atom stereocenters. The van der Waals surface area contributed by atoms with E-state index < -0.39 is 180 Å². The Morgan fingerprint density at radius 2 is 0.983 bits per heavy atom. The fraction of sp³-hybridized carbons (Fsp3) is 0.906. The summed E-state index contributed by atoms with van der Waals surface area (Å²) in [7, 11) is 0. The normalized spacial score (nSPS) is 43.9. The topological polar surface area (TPSA) is 404 Å². The largest absolute Gasteiger partial charge is 0.394 e. The van der Waals surface area contributed by atoms with Gasteiger partial charge in [-0.1, -0.05) is 0 Å². The monoisotopic (exact) mass is 849 g/mol. The van der Waals surface area contributed by atoms with Gasteiger partial charge in [-0.05, 0) is 0 Å². The second-order valence-electron chi connectivity index (χ2n) is 14.1. The molecule has 0 spiro atoms. The van der Waals surface area contributed by atoms with Gasteiger partial charge in [0.2, 0.25) is 18.2 Å². The van der Waals surface area contributed by atoms with Crippen molar-refractivity contribution in [3.8, 4) is 0 Å². The molecule has 336 valence electrons. The van der Waals surface area contributed by atoms with Crippen molar-refractivity contribution in [3.05, 3.63) is 0 Å². The number of aliphatic hydroxyl groups excluding tert-OH is 12. The van der Waals surface area contributed by atoms with Crippen molar-refractivity contribution in [2.24, 2.45) is 0 Å². The molecule has 15 N–H and O–H groups in total. The molecule has 21 atom stereocenters. The quantitative estimate of drug-likeness (QED) is 0.0569. The van der Waals surface area contributed by atoms with Crippen LogP contribution >= 0.6 is 0 Å². The Hall–Kier alpha value is -2.39. The molecule has 4 heterocycles. The van der Waals surface area contributed by atoms with E-state index in [0.29, 0.717) is 6.41 Å². The highest BCUT2D eigenvalue weighted by molar-refractivity contribution is 5.73. The molecule has 4 rings (SSSR count). The Morgan fingerprint density at radius 1 is 0.552 bits per heavy atom. The summed E-state index contributed by atoms with van der Waals surface area (Å²) >= 11 is 0. The molecule has 3 amide bonds. The van der Waals surface area contributed by atoms with E-state index in [9.17, 15) is 75.7 Å². The number of nitrogens with one attached hydrogen (secondary N) is 3. The van der Waals surface area contributed by atoms with Crippen LogP contribution in [0.25, 0.3) is 0 Å². The number of hydrogen-bond donors (Lipinski definition) is 15. The summed E-state index contributed by atoms with van der Waals surface area (Å²) < 4.78 is 46.2. The van der Waals surface area contributed by atoms with Crippen molar-refractivity contribution in [3.63, 3.8) is 0 Å². The van der Waals surface area contributed by atoms with Crippen molar-refractivity contribution < 1.29 is 114 Å². The lowest BCUT2D eigenvalue weighted by Crippen LogP contribution is -2.70. The molecule has 4 aliphatic rings. The van der Waals surface area contributed by atoms with Gasteiger partial charge in [-0.3, -0.25) is 14.4 Å². The lowest BCUT2D eigenvalue weighted by molar-refractivity contribution is -0.391. The molecule has 4 aliphatic heterocycles. The zero-order valence-corrected chi connectivity index (χ0v) is 31.3. The highest BCUT2D eigenvalue weighted by atomic mass is 16.8. The molecule has 4 saturated heterocycles. The van der Waals surface area contributed by atoms with Gasteiger partial charge in [0.05, 0.1) is 45.7 Å². The summed E-state index contributed by atoms with van der Waals surface area (Å²) in [5.74, 6) is -1.49. The maximum absolute atomic E-state index is 12.2. The third kappa shape index (κ3) is 11.1. The highest BCUT2D eigenvalue weighted by Crippen LogP contribution is 2.36. The average Bonchev–Trinajstić information content (AvgIpc) is 3.19. The Labute approximate surface area is 330 Å². The Morgan fingerprint density at radius 3 is 1.43 bits per heavy atom. The smallest absolute Gasteiger partial charge is 0.217 e. The van der Waals surface area contributed by atoms with E-state index in [-0.39, 0.29) is 0 Å². The van der Waals surface area contributed by atoms with E-state index in [0.717, 1.165) is 13.8 Å². The highest BCUT2D eigenvalue weighted by Gasteiger charge is 2.57. The van der Waals surface area contributed by atoms with Crippen LogP contribution in [0.15, 0.2) is 0 Å². The van der Waals surface area contributed by atoms with Gasteiger partial charge in [-0.2, -0.15) is 0 Å². The van der Waals surface area contributed by atoms with Crippen LogP contribution in [0.1, 0.15) is 13.8 Å². The summed E-state index contributed by atoms with van der Waals surface area (Å²) in [4.78, 5) is 35.1. The standard InChI is InChI=1S/C32H55N3O23/c1-10(42)34-17-21(46)19(44)13(4-37)52-29(17)57-27-16(7-40)55-32(25(50)28(27)58-30-18(35-11(2)43)22(47)20(45)14(5-38)53-30)56-26-15(6-39)54-31(24(49)23(26)48)51-8-12(3-36)33-9-41/h9,12-32,36-40,44-50H,3-8H2,1-2H3,(H,33,41)(H,34,42)(H,35,43)/t12-,13-,14-,15-,16-,17-,18-,19+,20+,21-,22-,23-,24-,25-,26-,27+,28-,29+,30+,31-,32+/m1/s1. The van der Waals surface area contributed by atoms with Crippen LogP contribution in [0, 0.1) is 0 Å². The van der Waals surface area contributed by atoms with Gasteiger partial charge in [-0.25, -0.2) is 0 Å². The maximum Gasteiger partial charge on any atom is 0.217 e. The van der Waals surface area contributed by atoms with Gasteiger partial charge in [0.1, 0.15) is 97.5 Å². The Kier molecular flexibility index (Phi) is 18.2. The first-order chi connectivity index (χ1) is 27.5. The predicted octanol–water partition coefficient (Wildman–Crippen LogP) is -10.3. The summed E-state index contributed by atoms with van der Waals surface area (Å²) in [5, 5.41) is 134. The summed E-state index contributed by atoms with van der Waals surface area (Å²) in [6.07, 6.45) is -32.0. The molecule has 58 heavy (non-hydrogen) atoms. The molecule has 0 aromatic carbocycles. The second-order valence-corrected chi connectivity index (χ2v) is 14.1. The number of carbonyl (C=O) groups is 3. The molecule has 0 radical (unpaired) electrons. The fourth-order valence-corrected chi connectivity index (χ4v) is 6.93. The summed E-state index contributed by atoms with van der Waals surface area (Å²) in [6.45, 7) is -2.51. The third-order valence-corrected chi connectivity index (χ3v) is 9.98. The lowest BCUT2D eigenvalue weighted by Gasteiger charge is -2.51. The van der Waals surface area contributed by atoms with Crippen molar-refractivity contribution in [2.75, 3.05) is 39.6 Å². The summed E-state index contributed by atoms with van der Waals surface area (Å²) in [6, 6.07) is -4.13. The molecule has 26 nitrogen and oxygen atoms in total. The van der Waals surface area contributed by atoms with E-state index >= 15 is 0 Å². The number of aliphatic hydroxyl groups is 12. The number of ether oxygens (including phenoxy) is 8. The van der Waals surface area contributed by atoms with Gasteiger partial charge < -0.3 is 115 Å². The molecule has 4 fully saturated rings. The predicted molar refractivity (Wildman–Crippen MR) is 181 cm³/mol. The maximum atomic E-state index is 12.2. The van der Waals surface area contributed by atoms with Crippen LogP contribution in [-0.4, -0.2) is 248 Å². The molecule has 0 aromatic heterocycles. The molecule has 0 aliphatic carbocycles. The third-order valence-electron chi connectivity index (χ3n) is 9.98. The minimum atomic E-state index is -2.16. The van der Waals surface area contributed by atoms with Gasteiger partial charge in [-0.15, -0.1) is 0 Å². The van der Waals surface area contributed by atoms with Gasteiger partial charge in [0, 0.05) is 13.8 Å². The minimum absolute atomic E-state index is 0.291. The minimum Gasteiger partial charge on any atom is -0.394 e. The molecule has 0 saturated carbocycles. The molecule has 0 bridgehead atoms. The van der Waals surface area contributed by atoms with E-state index in [1.54, 1.807) is 0 Å². The zero-order valence-electron chi connectivity index (χ0n) is 31.3. The van der Waals surface area contributed by atoms with Gasteiger partial charge in [0.25, 0.3) is 0 Å². The SMILES string of the molecule is CC(=O)N[C@H]1[C@H](O[C@@H]2[C@@H](O)[C@H](O[C@H]3[C@H](O)[C@@H](O)[C@H](OC[C@@H](CO)NC=O)O[C@@H]3CO)O[C@H](CO)[C@@H]2O[C@@H]2O[C@H](CO)[C@H](O)[C@H](O)[C@H]2NC(C)=O)O[C@H](CO)[C@H](O)[C@@H]1O. The number of amides is 3. The van der Waals surface area contributed by atoms with Crippen LogP contribution < -0.4 is 16.0 Å². The Bertz CT molecular complexity index is 1310. The Balaban J connectivity index is 1.69. The first-order valence-electron chi connectivity index (χ1n) is 18.3. The van der Waals surface area contributed by atoms with Crippen molar-refractivity contribution in [1.29, 1.82) is 0 Å². The van der Waals surface area contributed by atoms with Crippen LogP contribution in [0.2, 0.25) is 0 Å². The first-order valence-corrected chi connectivity index (χ1v) is 18.3. The number of rotatable bonds is 18. The van der Waals surface area contributed by atoms with E-state index in [2.05, 4.69) is 16.0 Å². The number of carbonyl (C=O) groups excluding carboxylic acids is 3. The first kappa shape index (κ1) is 48.3. The van der Waals surface area contributed by atoms with E-state index in [4.69, 9.17) is 37.9 Å². The number of hydrogen-bond acceptors (Lipinski definition) is 23. The van der Waals surface area contributed by atoms with Crippen molar-refractivity contribution in [2.45, 2.75) is 143 Å². The van der Waals surface area contributed by atoms with Crippen LogP contribution in [0.4, 0.5) is 0 Å². The summed E-state index contributed by atoms with van der Waals surface area (Å²) in [5.41, 5.74) is 0. The average molecular weight is 850 g/mol. The molecule has 0 aromatic rings. The molecular formula is C32H55N3O23. The van der Waals surface area contributed by atoms with Crippen molar-refractivity contribution in [1.82, 2.24) is 16.0 Å². The van der Waals surface area contributed by atoms with Gasteiger partial charge >= 0.3 is 0 Å². The zero-order chi connectivity index (χ0) is 43.0. The molecule has 26 heteroatoms. The van der Waals surface area contributed by atoms with Crippen molar-refractivity contribution >= 4 is 18.2 Å².